The molecule has 15 heteroatoms. The molecule has 0 aromatic carbocycles. The number of nitrogens with zero attached hydrogens (tertiary/aromatic N) is 7. The minimum absolute atomic E-state index is 0.0493. The fraction of sp³-hybridized carbons (Fsp3) is 0.526. The molecule has 3 aromatic rings. The first kappa shape index (κ1) is 23.9. The number of halogens is 3. The first-order chi connectivity index (χ1) is 16.2. The number of hydrogen-bond acceptors (Lipinski definition) is 10. The van der Waals surface area contributed by atoms with Crippen LogP contribution in [0.5, 0.6) is 6.01 Å². The summed E-state index contributed by atoms with van der Waals surface area (Å²) in [5.74, 6) is -0.298. The van der Waals surface area contributed by atoms with Crippen LogP contribution in [0.15, 0.2) is 6.07 Å². The summed E-state index contributed by atoms with van der Waals surface area (Å²) in [4.78, 5) is 25.5. The molecule has 1 aliphatic heterocycles. The molecule has 0 atom stereocenters. The molecule has 0 spiro atoms. The first-order valence-corrected chi connectivity index (χ1v) is 11.1. The van der Waals surface area contributed by atoms with Crippen molar-refractivity contribution in [1.29, 1.82) is 0 Å². The number of rotatable bonds is 7. The Kier molecular flexibility index (Phi) is 6.74. The monoisotopic (exact) mass is 501 g/mol. The quantitative estimate of drug-likeness (QED) is 0.519. The molecule has 0 saturated heterocycles. The zero-order valence-corrected chi connectivity index (χ0v) is 19.2. The van der Waals surface area contributed by atoms with Crippen molar-refractivity contribution in [2.45, 2.75) is 26.2 Å². The average Bonchev–Trinajstić information content (AvgIpc) is 3.39. The van der Waals surface area contributed by atoms with Crippen LogP contribution in [-0.2, 0) is 24.0 Å². The van der Waals surface area contributed by atoms with E-state index in [4.69, 9.17) is 9.84 Å². The topological polar surface area (TPSA) is 119 Å². The van der Waals surface area contributed by atoms with E-state index in [1.165, 1.54) is 23.3 Å². The highest BCUT2D eigenvalue weighted by molar-refractivity contribution is 7.18. The van der Waals surface area contributed by atoms with Gasteiger partial charge in [-0.15, -0.1) is 21.5 Å². The second kappa shape index (κ2) is 9.58. The molecule has 1 N–H and O–H groups in total. The van der Waals surface area contributed by atoms with Gasteiger partial charge in [0, 0.05) is 24.5 Å². The molecule has 1 amide bonds. The van der Waals surface area contributed by atoms with Gasteiger partial charge in [-0.3, -0.25) is 0 Å². The number of amides is 1. The van der Waals surface area contributed by atoms with Crippen LogP contribution in [0.4, 0.5) is 23.8 Å². The molecule has 0 unspecified atom stereocenters. The number of thiophene rings is 1. The number of aryl methyl sites for hydroxylation is 1. The van der Waals surface area contributed by atoms with E-state index in [0.717, 1.165) is 14.8 Å². The number of aliphatic hydroxyl groups is 1. The van der Waals surface area contributed by atoms with Gasteiger partial charge in [-0.05, 0) is 13.0 Å². The summed E-state index contributed by atoms with van der Waals surface area (Å²) in [7, 11) is 1.24. The Hall–Kier alpha value is -3.20. The number of carbonyl (C=O) groups excluding carboxylic acids is 1. The molecule has 0 aliphatic carbocycles. The van der Waals surface area contributed by atoms with Crippen LogP contribution in [0.1, 0.15) is 16.5 Å². The maximum absolute atomic E-state index is 13.2. The van der Waals surface area contributed by atoms with Crippen molar-refractivity contribution in [1.82, 2.24) is 29.6 Å². The van der Waals surface area contributed by atoms with E-state index in [1.807, 2.05) is 17.9 Å². The van der Waals surface area contributed by atoms with E-state index in [-0.39, 0.29) is 57.8 Å². The maximum atomic E-state index is 13.2. The first-order valence-electron chi connectivity index (χ1n) is 10.3. The normalized spacial score (nSPS) is 13.8. The van der Waals surface area contributed by atoms with Gasteiger partial charge in [0.05, 0.1) is 32.2 Å². The summed E-state index contributed by atoms with van der Waals surface area (Å²) in [6.45, 7) is 2.37. The smallest absolute Gasteiger partial charge is 0.451 e. The van der Waals surface area contributed by atoms with Gasteiger partial charge >= 0.3 is 18.3 Å². The molecule has 34 heavy (non-hydrogen) atoms. The van der Waals surface area contributed by atoms with E-state index in [1.54, 1.807) is 0 Å². The highest BCUT2D eigenvalue weighted by atomic mass is 32.1. The van der Waals surface area contributed by atoms with Crippen LogP contribution in [0.25, 0.3) is 10.2 Å². The molecule has 11 nitrogen and oxygen atoms in total. The predicted molar refractivity (Wildman–Crippen MR) is 115 cm³/mol. The van der Waals surface area contributed by atoms with E-state index in [0.29, 0.717) is 10.6 Å². The molecule has 1 aliphatic rings. The number of aliphatic hydroxyl groups excluding tert-OH is 1. The van der Waals surface area contributed by atoms with Crippen LogP contribution >= 0.6 is 11.3 Å². The molecular weight excluding hydrogens is 479 g/mol. The van der Waals surface area contributed by atoms with Gasteiger partial charge in [0.1, 0.15) is 17.3 Å². The predicted octanol–water partition coefficient (Wildman–Crippen LogP) is 2.07. The highest BCUT2D eigenvalue weighted by Crippen LogP contribution is 2.35. The van der Waals surface area contributed by atoms with Crippen LogP contribution in [0, 0.1) is 6.92 Å². The van der Waals surface area contributed by atoms with Crippen LogP contribution in [0.3, 0.4) is 0 Å². The van der Waals surface area contributed by atoms with Crippen molar-refractivity contribution in [2.75, 3.05) is 44.9 Å². The Morgan fingerprint density at radius 3 is 2.76 bits per heavy atom. The fourth-order valence-corrected chi connectivity index (χ4v) is 4.52. The third-order valence-corrected chi connectivity index (χ3v) is 6.12. The summed E-state index contributed by atoms with van der Waals surface area (Å²) < 4.78 is 51.0. The van der Waals surface area contributed by atoms with Crippen molar-refractivity contribution in [2.24, 2.45) is 0 Å². The lowest BCUT2D eigenvalue weighted by atomic mass is 10.3. The summed E-state index contributed by atoms with van der Waals surface area (Å²) in [5, 5.41) is 16.9. The molecule has 4 rings (SSSR count). The maximum Gasteiger partial charge on any atom is 0.451 e. The van der Waals surface area contributed by atoms with Gasteiger partial charge in [0.2, 0.25) is 5.82 Å². The van der Waals surface area contributed by atoms with Gasteiger partial charge in [0.25, 0.3) is 0 Å². The van der Waals surface area contributed by atoms with Crippen molar-refractivity contribution in [3.63, 3.8) is 0 Å². The number of carbonyl (C=O) groups is 1. The number of anilines is 1. The van der Waals surface area contributed by atoms with Crippen LogP contribution in [0.2, 0.25) is 0 Å². The van der Waals surface area contributed by atoms with Crippen molar-refractivity contribution < 1.29 is 32.5 Å². The Morgan fingerprint density at radius 1 is 1.26 bits per heavy atom. The standard InChI is InChI=1S/C19H22F3N7O4S/c1-11-9-12-14(28-3-4-29-13(10-28)25-26-16(29)19(20,21)22)23-17(24-15(12)34-11)33-8-6-27(5-7-30)18(31)32-2/h9,30H,3-8,10H2,1-2H3. The molecule has 0 radical (unpaired) electrons. The number of ether oxygens (including phenoxy) is 2. The van der Waals surface area contributed by atoms with Gasteiger partial charge in [-0.1, -0.05) is 0 Å². The Balaban J connectivity index is 1.56. The van der Waals surface area contributed by atoms with E-state index in [2.05, 4.69) is 24.9 Å². The zero-order valence-electron chi connectivity index (χ0n) is 18.4. The molecule has 4 heterocycles. The third kappa shape index (κ3) is 4.84. The zero-order chi connectivity index (χ0) is 24.5. The third-order valence-electron chi connectivity index (χ3n) is 5.18. The van der Waals surface area contributed by atoms with Gasteiger partial charge < -0.3 is 28.9 Å². The number of alkyl halides is 3. The minimum Gasteiger partial charge on any atom is -0.461 e. The van der Waals surface area contributed by atoms with E-state index >= 15 is 0 Å². The van der Waals surface area contributed by atoms with Crippen molar-refractivity contribution in [3.8, 4) is 6.01 Å². The largest absolute Gasteiger partial charge is 0.461 e. The lowest BCUT2D eigenvalue weighted by Crippen LogP contribution is -2.37. The Bertz CT molecular complexity index is 1180. The van der Waals surface area contributed by atoms with E-state index < -0.39 is 18.1 Å². The Labute approximate surface area is 195 Å². The molecule has 0 bridgehead atoms. The second-order valence-electron chi connectivity index (χ2n) is 7.45. The number of fused-ring (bicyclic) bond motifs is 2. The van der Waals surface area contributed by atoms with Gasteiger partial charge in [0.15, 0.2) is 5.82 Å². The molecular formula is C19H22F3N7O4S. The number of aromatic nitrogens is 5. The van der Waals surface area contributed by atoms with Gasteiger partial charge in [-0.2, -0.15) is 23.1 Å². The van der Waals surface area contributed by atoms with Gasteiger partial charge in [-0.25, -0.2) is 4.79 Å². The lowest BCUT2D eigenvalue weighted by Gasteiger charge is -2.29. The van der Waals surface area contributed by atoms with Crippen LogP contribution < -0.4 is 9.64 Å². The highest BCUT2D eigenvalue weighted by Gasteiger charge is 2.39. The van der Waals surface area contributed by atoms with Crippen LogP contribution in [-0.4, -0.2) is 80.8 Å². The Morgan fingerprint density at radius 2 is 2.06 bits per heavy atom. The second-order valence-corrected chi connectivity index (χ2v) is 8.68. The number of hydrogen-bond donors (Lipinski definition) is 1. The summed E-state index contributed by atoms with van der Waals surface area (Å²) in [6.07, 6.45) is -5.17. The lowest BCUT2D eigenvalue weighted by molar-refractivity contribution is -0.147. The average molecular weight is 501 g/mol. The van der Waals surface area contributed by atoms with Crippen molar-refractivity contribution in [3.05, 3.63) is 22.6 Å². The van der Waals surface area contributed by atoms with Crippen molar-refractivity contribution >= 4 is 33.5 Å². The number of methoxy groups -OCH3 is 1. The minimum atomic E-state index is -4.57. The molecule has 0 fully saturated rings. The molecule has 184 valence electrons. The SMILES string of the molecule is COC(=O)N(CCO)CCOc1nc(N2CCn3c(nnc3C(F)(F)F)C2)c2cc(C)sc2n1. The van der Waals surface area contributed by atoms with E-state index in [9.17, 15) is 18.0 Å². The summed E-state index contributed by atoms with van der Waals surface area (Å²) >= 11 is 1.44. The summed E-state index contributed by atoms with van der Waals surface area (Å²) in [6, 6.07) is 1.99. The molecule has 3 aromatic heterocycles. The molecule has 0 saturated carbocycles. The fourth-order valence-electron chi connectivity index (χ4n) is 3.65. The summed E-state index contributed by atoms with van der Waals surface area (Å²) in [5.41, 5.74) is 0.